The van der Waals surface area contributed by atoms with Crippen LogP contribution in [0, 0.1) is 5.82 Å². The lowest BCUT2D eigenvalue weighted by atomic mass is 9.93. The molecule has 0 saturated heterocycles. The van der Waals surface area contributed by atoms with E-state index in [4.69, 9.17) is 0 Å². The third kappa shape index (κ3) is 2.66. The molecule has 2 nitrogen and oxygen atoms in total. The molecule has 1 aliphatic carbocycles. The van der Waals surface area contributed by atoms with Crippen LogP contribution in [0.2, 0.25) is 0 Å². The van der Waals surface area contributed by atoms with Crippen molar-refractivity contribution in [2.24, 2.45) is 0 Å². The predicted octanol–water partition coefficient (Wildman–Crippen LogP) is 3.65. The molecule has 0 aromatic heterocycles. The van der Waals surface area contributed by atoms with Gasteiger partial charge in [-0.3, -0.25) is 0 Å². The van der Waals surface area contributed by atoms with E-state index in [9.17, 15) is 9.50 Å². The minimum absolute atomic E-state index is 0.315. The fraction of sp³-hybridized carbons (Fsp3) is 0.600. The smallest absolute Gasteiger partial charge is 0.131 e. The lowest BCUT2D eigenvalue weighted by Gasteiger charge is -2.34. The van der Waals surface area contributed by atoms with Gasteiger partial charge in [-0.2, -0.15) is 0 Å². The molecule has 0 radical (unpaired) electrons. The predicted molar refractivity (Wildman–Crippen MR) is 72.3 cm³/mol. The number of aliphatic hydroxyl groups excluding tert-OH is 1. The number of hydrogen-bond acceptors (Lipinski definition) is 2. The van der Waals surface area contributed by atoms with Gasteiger partial charge in [-0.1, -0.05) is 25.3 Å². The quantitative estimate of drug-likeness (QED) is 0.886. The van der Waals surface area contributed by atoms with Gasteiger partial charge < -0.3 is 10.0 Å². The summed E-state index contributed by atoms with van der Waals surface area (Å²) in [5.41, 5.74) is 1.25. The Bertz CT molecular complexity index is 399. The normalized spacial score (nSPS) is 18.7. The molecular weight excluding hydrogens is 229 g/mol. The summed E-state index contributed by atoms with van der Waals surface area (Å²) in [6.45, 7) is 1.62. The molecule has 0 bridgehead atoms. The van der Waals surface area contributed by atoms with E-state index in [1.807, 2.05) is 13.1 Å². The average molecular weight is 251 g/mol. The maximum atomic E-state index is 13.8. The van der Waals surface area contributed by atoms with Crippen LogP contribution in [0.4, 0.5) is 10.1 Å². The van der Waals surface area contributed by atoms with Gasteiger partial charge in [0.05, 0.1) is 6.10 Å². The van der Waals surface area contributed by atoms with Gasteiger partial charge in [0, 0.05) is 24.3 Å². The Morgan fingerprint density at radius 2 is 1.94 bits per heavy atom. The van der Waals surface area contributed by atoms with Crippen LogP contribution in [0.3, 0.4) is 0 Å². The van der Waals surface area contributed by atoms with Gasteiger partial charge in [0.1, 0.15) is 5.82 Å². The summed E-state index contributed by atoms with van der Waals surface area (Å²) in [5, 5.41) is 9.77. The Morgan fingerprint density at radius 3 is 2.56 bits per heavy atom. The van der Waals surface area contributed by atoms with E-state index in [0.29, 0.717) is 11.6 Å². The summed E-state index contributed by atoms with van der Waals surface area (Å²) in [4.78, 5) is 2.14. The van der Waals surface area contributed by atoms with Crippen molar-refractivity contribution in [1.29, 1.82) is 0 Å². The second kappa shape index (κ2) is 5.70. The van der Waals surface area contributed by atoms with E-state index >= 15 is 0 Å². The highest BCUT2D eigenvalue weighted by atomic mass is 19.1. The number of hydrogen-bond donors (Lipinski definition) is 1. The topological polar surface area (TPSA) is 23.5 Å². The zero-order valence-corrected chi connectivity index (χ0v) is 11.2. The van der Waals surface area contributed by atoms with Crippen molar-refractivity contribution in [2.75, 3.05) is 11.9 Å². The Kier molecular flexibility index (Phi) is 4.23. The Morgan fingerprint density at radius 1 is 1.28 bits per heavy atom. The van der Waals surface area contributed by atoms with E-state index in [0.717, 1.165) is 18.5 Å². The zero-order chi connectivity index (χ0) is 13.1. The molecule has 1 unspecified atom stereocenters. The molecule has 1 N–H and O–H groups in total. The minimum atomic E-state index is -0.771. The van der Waals surface area contributed by atoms with Crippen LogP contribution in [0.1, 0.15) is 50.7 Å². The van der Waals surface area contributed by atoms with Crippen molar-refractivity contribution in [3.8, 4) is 0 Å². The number of nitrogens with zero attached hydrogens (tertiary/aromatic N) is 1. The number of aliphatic hydroxyl groups is 1. The Labute approximate surface area is 108 Å². The number of halogens is 1. The van der Waals surface area contributed by atoms with Gasteiger partial charge in [-0.05, 0) is 31.9 Å². The van der Waals surface area contributed by atoms with Crippen molar-refractivity contribution >= 4 is 5.69 Å². The second-order valence-electron chi connectivity index (χ2n) is 5.25. The van der Waals surface area contributed by atoms with Crippen LogP contribution in [-0.2, 0) is 0 Å². The van der Waals surface area contributed by atoms with E-state index in [2.05, 4.69) is 4.90 Å². The van der Waals surface area contributed by atoms with Crippen molar-refractivity contribution in [1.82, 2.24) is 0 Å². The monoisotopic (exact) mass is 251 g/mol. The Hall–Kier alpha value is -1.09. The van der Waals surface area contributed by atoms with Crippen LogP contribution < -0.4 is 4.90 Å². The first-order valence-corrected chi connectivity index (χ1v) is 6.80. The number of anilines is 1. The third-order valence-corrected chi connectivity index (χ3v) is 3.95. The molecule has 1 aromatic carbocycles. The number of benzene rings is 1. The summed E-state index contributed by atoms with van der Waals surface area (Å²) in [6, 6.07) is 5.51. The lowest BCUT2D eigenvalue weighted by Crippen LogP contribution is -2.34. The summed E-state index contributed by atoms with van der Waals surface area (Å²) in [5.74, 6) is -0.315. The standard InChI is InChI=1S/C15H22FNO/c1-11(18)15-13(16)9-6-10-14(15)17(2)12-7-4-3-5-8-12/h6,9-12,18H,3-5,7-8H2,1-2H3. The maximum absolute atomic E-state index is 13.8. The van der Waals surface area contributed by atoms with Crippen LogP contribution in [0.5, 0.6) is 0 Å². The van der Waals surface area contributed by atoms with Crippen molar-refractivity contribution < 1.29 is 9.50 Å². The minimum Gasteiger partial charge on any atom is -0.389 e. The molecule has 1 aliphatic rings. The molecular formula is C15H22FNO. The van der Waals surface area contributed by atoms with E-state index in [1.54, 1.807) is 13.0 Å². The molecule has 1 fully saturated rings. The molecule has 1 atom stereocenters. The van der Waals surface area contributed by atoms with Gasteiger partial charge in [-0.25, -0.2) is 4.39 Å². The second-order valence-corrected chi connectivity index (χ2v) is 5.25. The van der Waals surface area contributed by atoms with Crippen LogP contribution >= 0.6 is 0 Å². The summed E-state index contributed by atoms with van der Waals surface area (Å²) >= 11 is 0. The van der Waals surface area contributed by atoms with E-state index < -0.39 is 6.10 Å². The van der Waals surface area contributed by atoms with Gasteiger partial charge in [0.15, 0.2) is 0 Å². The average Bonchev–Trinajstić information content (AvgIpc) is 2.38. The summed E-state index contributed by atoms with van der Waals surface area (Å²) < 4.78 is 13.8. The van der Waals surface area contributed by atoms with Crippen molar-refractivity contribution in [2.45, 2.75) is 51.2 Å². The first-order chi connectivity index (χ1) is 8.61. The molecule has 3 heteroatoms. The molecule has 2 rings (SSSR count). The highest BCUT2D eigenvalue weighted by Crippen LogP contribution is 2.32. The molecule has 0 spiro atoms. The highest BCUT2D eigenvalue weighted by molar-refractivity contribution is 5.55. The first-order valence-electron chi connectivity index (χ1n) is 6.80. The van der Waals surface area contributed by atoms with Gasteiger partial charge in [0.25, 0.3) is 0 Å². The highest BCUT2D eigenvalue weighted by Gasteiger charge is 2.22. The van der Waals surface area contributed by atoms with Crippen LogP contribution in [-0.4, -0.2) is 18.2 Å². The third-order valence-electron chi connectivity index (χ3n) is 3.95. The summed E-state index contributed by atoms with van der Waals surface area (Å²) in [6.07, 6.45) is 5.34. The molecule has 18 heavy (non-hydrogen) atoms. The summed E-state index contributed by atoms with van der Waals surface area (Å²) in [7, 11) is 2.01. The molecule has 0 amide bonds. The van der Waals surface area contributed by atoms with E-state index in [1.165, 1.54) is 25.3 Å². The van der Waals surface area contributed by atoms with Gasteiger partial charge >= 0.3 is 0 Å². The molecule has 0 heterocycles. The first kappa shape index (κ1) is 13.3. The largest absolute Gasteiger partial charge is 0.389 e. The fourth-order valence-electron chi connectivity index (χ4n) is 2.91. The van der Waals surface area contributed by atoms with Crippen molar-refractivity contribution in [3.05, 3.63) is 29.6 Å². The number of rotatable bonds is 3. The lowest BCUT2D eigenvalue weighted by molar-refractivity contribution is 0.194. The molecule has 1 aromatic rings. The van der Waals surface area contributed by atoms with Crippen molar-refractivity contribution in [3.63, 3.8) is 0 Å². The van der Waals surface area contributed by atoms with E-state index in [-0.39, 0.29) is 5.82 Å². The fourth-order valence-corrected chi connectivity index (χ4v) is 2.91. The molecule has 100 valence electrons. The Balaban J connectivity index is 2.28. The SMILES string of the molecule is CC(O)c1c(F)cccc1N(C)C1CCCCC1. The van der Waals surface area contributed by atoms with Crippen LogP contribution in [0.25, 0.3) is 0 Å². The zero-order valence-electron chi connectivity index (χ0n) is 11.2. The maximum Gasteiger partial charge on any atom is 0.131 e. The van der Waals surface area contributed by atoms with Gasteiger partial charge in [0.2, 0.25) is 0 Å². The molecule has 0 aliphatic heterocycles. The van der Waals surface area contributed by atoms with Crippen LogP contribution in [0.15, 0.2) is 18.2 Å². The van der Waals surface area contributed by atoms with Gasteiger partial charge in [-0.15, -0.1) is 0 Å². The molecule has 1 saturated carbocycles.